The third-order valence-electron chi connectivity index (χ3n) is 6.16. The van der Waals surface area contributed by atoms with E-state index in [0.29, 0.717) is 11.8 Å². The van der Waals surface area contributed by atoms with Crippen LogP contribution in [-0.4, -0.2) is 33.9 Å². The first-order valence-corrected chi connectivity index (χ1v) is 12.0. The zero-order chi connectivity index (χ0) is 20.1. The normalized spacial score (nSPS) is 20.6. The molecule has 0 spiro atoms. The zero-order valence-corrected chi connectivity index (χ0v) is 18.2. The predicted octanol–water partition coefficient (Wildman–Crippen LogP) is 5.52. The molecule has 5 nitrogen and oxygen atoms in total. The van der Waals surface area contributed by atoms with Crippen LogP contribution < -0.4 is 5.32 Å². The van der Waals surface area contributed by atoms with E-state index in [1.165, 1.54) is 24.1 Å². The number of pyridine rings is 1. The Morgan fingerprint density at radius 3 is 2.90 bits per heavy atom. The molecule has 4 rings (SSSR count). The molecule has 3 heterocycles. The van der Waals surface area contributed by atoms with Crippen LogP contribution in [0.1, 0.15) is 74.8 Å². The second-order valence-corrected chi connectivity index (χ2v) is 9.53. The largest absolute Gasteiger partial charge is 0.342 e. The van der Waals surface area contributed by atoms with Crippen LogP contribution in [0, 0.1) is 5.92 Å². The summed E-state index contributed by atoms with van der Waals surface area (Å²) in [6.45, 7) is 3.90. The Kier molecular flexibility index (Phi) is 6.80. The van der Waals surface area contributed by atoms with Crippen LogP contribution in [0.25, 0.3) is 0 Å². The van der Waals surface area contributed by atoms with Crippen LogP contribution >= 0.6 is 11.3 Å². The Bertz CT molecular complexity index is 815. The number of amides is 1. The second kappa shape index (κ2) is 9.70. The van der Waals surface area contributed by atoms with Crippen molar-refractivity contribution in [3.05, 3.63) is 35.0 Å². The summed E-state index contributed by atoms with van der Waals surface area (Å²) in [6, 6.07) is 6.17. The number of hydrogen-bond acceptors (Lipinski definition) is 5. The molecule has 2 aromatic rings. The molecule has 1 saturated heterocycles. The fraction of sp³-hybridized carbons (Fsp3) is 0.609. The number of nitrogens with one attached hydrogen (secondary N) is 1. The van der Waals surface area contributed by atoms with Gasteiger partial charge in [0.25, 0.3) is 0 Å². The number of aromatic nitrogens is 2. The van der Waals surface area contributed by atoms with Crippen molar-refractivity contribution in [3.63, 3.8) is 0 Å². The number of carbonyl (C=O) groups is 1. The fourth-order valence-electron chi connectivity index (χ4n) is 4.61. The van der Waals surface area contributed by atoms with Gasteiger partial charge in [0.05, 0.1) is 0 Å². The Morgan fingerprint density at radius 1 is 1.21 bits per heavy atom. The number of likely N-dealkylation sites (tertiary alicyclic amines) is 1. The molecule has 2 fully saturated rings. The van der Waals surface area contributed by atoms with Crippen molar-refractivity contribution in [2.45, 2.75) is 70.6 Å². The molecule has 1 unspecified atom stereocenters. The van der Waals surface area contributed by atoms with E-state index in [0.717, 1.165) is 68.3 Å². The number of hydrogen-bond donors (Lipinski definition) is 1. The van der Waals surface area contributed by atoms with E-state index in [-0.39, 0.29) is 5.92 Å². The average Bonchev–Trinajstić information content (AvgIpc) is 3.21. The molecule has 1 amide bonds. The maximum Gasteiger partial charge on any atom is 0.225 e. The molecule has 156 valence electrons. The molecule has 1 saturated carbocycles. The maximum atomic E-state index is 13.0. The van der Waals surface area contributed by atoms with Gasteiger partial charge in [0.2, 0.25) is 5.91 Å². The lowest BCUT2D eigenvalue weighted by Gasteiger charge is -2.35. The highest BCUT2D eigenvalue weighted by atomic mass is 32.1. The summed E-state index contributed by atoms with van der Waals surface area (Å²) in [7, 11) is 0. The van der Waals surface area contributed by atoms with Gasteiger partial charge in [-0.15, -0.1) is 11.3 Å². The van der Waals surface area contributed by atoms with Gasteiger partial charge in [0, 0.05) is 41.7 Å². The molecule has 0 bridgehead atoms. The lowest BCUT2D eigenvalue weighted by molar-refractivity contribution is -0.137. The van der Waals surface area contributed by atoms with Gasteiger partial charge in [0.15, 0.2) is 5.13 Å². The minimum atomic E-state index is 0.255. The van der Waals surface area contributed by atoms with Gasteiger partial charge in [-0.3, -0.25) is 4.79 Å². The predicted molar refractivity (Wildman–Crippen MR) is 119 cm³/mol. The van der Waals surface area contributed by atoms with Gasteiger partial charge in [-0.05, 0) is 44.2 Å². The Morgan fingerprint density at radius 2 is 2.07 bits per heavy atom. The number of anilines is 2. The second-order valence-electron chi connectivity index (χ2n) is 8.41. The van der Waals surface area contributed by atoms with E-state index >= 15 is 0 Å². The van der Waals surface area contributed by atoms with Crippen LogP contribution in [0.2, 0.25) is 0 Å². The van der Waals surface area contributed by atoms with Crippen LogP contribution in [-0.2, 0) is 11.2 Å². The van der Waals surface area contributed by atoms with Crippen LogP contribution in [0.5, 0.6) is 0 Å². The van der Waals surface area contributed by atoms with Gasteiger partial charge in [-0.1, -0.05) is 38.7 Å². The Labute approximate surface area is 178 Å². The smallest absolute Gasteiger partial charge is 0.225 e. The summed E-state index contributed by atoms with van der Waals surface area (Å²) >= 11 is 1.70. The number of carbonyl (C=O) groups excluding carboxylic acids is 1. The first-order chi connectivity index (χ1) is 14.2. The van der Waals surface area contributed by atoms with E-state index in [1.54, 1.807) is 11.3 Å². The lowest BCUT2D eigenvalue weighted by Crippen LogP contribution is -2.43. The van der Waals surface area contributed by atoms with Crippen molar-refractivity contribution in [2.75, 3.05) is 18.4 Å². The average molecular weight is 413 g/mol. The number of piperidine rings is 1. The minimum absolute atomic E-state index is 0.255. The monoisotopic (exact) mass is 412 g/mol. The van der Waals surface area contributed by atoms with Gasteiger partial charge in [-0.25, -0.2) is 9.97 Å². The summed E-state index contributed by atoms with van der Waals surface area (Å²) < 4.78 is 0. The molecule has 2 aliphatic rings. The maximum absolute atomic E-state index is 13.0. The van der Waals surface area contributed by atoms with Crippen LogP contribution in [0.3, 0.4) is 0 Å². The molecule has 1 atom stereocenters. The molecular weight excluding hydrogens is 380 g/mol. The quantitative estimate of drug-likeness (QED) is 0.679. The molecule has 29 heavy (non-hydrogen) atoms. The van der Waals surface area contributed by atoms with Crippen molar-refractivity contribution >= 4 is 28.2 Å². The van der Waals surface area contributed by atoms with Crippen LogP contribution in [0.4, 0.5) is 10.9 Å². The number of nitrogens with zero attached hydrogens (tertiary/aromatic N) is 3. The molecule has 6 heteroatoms. The Balaban J connectivity index is 1.41. The molecule has 1 aliphatic carbocycles. The minimum Gasteiger partial charge on any atom is -0.342 e. The molecular formula is C23H32N4OS. The van der Waals surface area contributed by atoms with Gasteiger partial charge >= 0.3 is 0 Å². The zero-order valence-electron chi connectivity index (χ0n) is 17.4. The third kappa shape index (κ3) is 5.16. The standard InChI is InChI=1S/C23H32N4OS/c1-2-8-19-15-24-23(29-19)26-21-13-6-12-20(25-21)18-11-7-14-27(16-18)22(28)17-9-4-3-5-10-17/h6,12-13,15,17-18H,2-5,7-11,14,16H2,1H3,(H,24,25,26). The first kappa shape index (κ1) is 20.3. The lowest BCUT2D eigenvalue weighted by atomic mass is 9.86. The number of aryl methyl sites for hydroxylation is 1. The molecule has 1 N–H and O–H groups in total. The van der Waals surface area contributed by atoms with Crippen molar-refractivity contribution in [3.8, 4) is 0 Å². The van der Waals surface area contributed by atoms with E-state index in [2.05, 4.69) is 34.3 Å². The SMILES string of the molecule is CCCc1cnc(Nc2cccc(C3CCCN(C(=O)C4CCCCC4)C3)n2)s1. The van der Waals surface area contributed by atoms with Crippen molar-refractivity contribution < 1.29 is 4.79 Å². The van der Waals surface area contributed by atoms with Crippen molar-refractivity contribution in [2.24, 2.45) is 5.92 Å². The van der Waals surface area contributed by atoms with E-state index in [1.807, 2.05) is 12.3 Å². The summed E-state index contributed by atoms with van der Waals surface area (Å²) in [5.74, 6) is 1.81. The fourth-order valence-corrected chi connectivity index (χ4v) is 5.53. The van der Waals surface area contributed by atoms with Gasteiger partial charge in [-0.2, -0.15) is 0 Å². The highest BCUT2D eigenvalue weighted by molar-refractivity contribution is 7.15. The summed E-state index contributed by atoms with van der Waals surface area (Å²) in [6.07, 6.45) is 12.2. The highest BCUT2D eigenvalue weighted by Crippen LogP contribution is 2.31. The molecule has 0 radical (unpaired) electrons. The summed E-state index contributed by atoms with van der Waals surface area (Å²) in [4.78, 5) is 25.7. The van der Waals surface area contributed by atoms with Gasteiger partial charge in [0.1, 0.15) is 5.82 Å². The number of rotatable bonds is 6. The van der Waals surface area contributed by atoms with E-state index in [9.17, 15) is 4.79 Å². The van der Waals surface area contributed by atoms with E-state index in [4.69, 9.17) is 4.98 Å². The molecule has 0 aromatic carbocycles. The van der Waals surface area contributed by atoms with E-state index < -0.39 is 0 Å². The van der Waals surface area contributed by atoms with Crippen molar-refractivity contribution in [1.29, 1.82) is 0 Å². The van der Waals surface area contributed by atoms with Crippen molar-refractivity contribution in [1.82, 2.24) is 14.9 Å². The first-order valence-electron chi connectivity index (χ1n) is 11.2. The van der Waals surface area contributed by atoms with Gasteiger partial charge < -0.3 is 10.2 Å². The topological polar surface area (TPSA) is 58.1 Å². The highest BCUT2D eigenvalue weighted by Gasteiger charge is 2.30. The summed E-state index contributed by atoms with van der Waals surface area (Å²) in [5.41, 5.74) is 1.08. The van der Waals surface area contributed by atoms with Crippen LogP contribution in [0.15, 0.2) is 24.4 Å². The molecule has 2 aromatic heterocycles. The number of thiazole rings is 1. The Hall–Kier alpha value is -1.95. The third-order valence-corrected chi connectivity index (χ3v) is 7.13. The molecule has 1 aliphatic heterocycles. The summed E-state index contributed by atoms with van der Waals surface area (Å²) in [5, 5.41) is 4.26.